The monoisotopic (exact) mass is 375 g/mol. The number of hydrogen-bond donors (Lipinski definition) is 1. The fraction of sp³-hybridized carbons (Fsp3) is 0.200. The van der Waals surface area contributed by atoms with Gasteiger partial charge in [-0.3, -0.25) is 0 Å². The zero-order valence-electron chi connectivity index (χ0n) is 10.8. The summed E-state index contributed by atoms with van der Waals surface area (Å²) < 4.78 is 14.3. The Morgan fingerprint density at radius 3 is 2.45 bits per heavy atom. The molecule has 0 fully saturated rings. The zero-order valence-corrected chi connectivity index (χ0v) is 13.9. The van der Waals surface area contributed by atoms with Crippen molar-refractivity contribution in [3.63, 3.8) is 0 Å². The Bertz CT molecular complexity index is 599. The van der Waals surface area contributed by atoms with E-state index < -0.39 is 0 Å². The van der Waals surface area contributed by atoms with Crippen LogP contribution in [0.25, 0.3) is 0 Å². The van der Waals surface area contributed by atoms with Gasteiger partial charge in [-0.15, -0.1) is 0 Å². The highest BCUT2D eigenvalue weighted by atomic mass is 79.9. The van der Waals surface area contributed by atoms with Crippen molar-refractivity contribution in [2.75, 3.05) is 6.54 Å². The smallest absolute Gasteiger partial charge is 0.124 e. The predicted molar refractivity (Wildman–Crippen MR) is 86.1 cm³/mol. The molecule has 2 aromatic rings. The molecule has 0 aliphatic heterocycles. The number of rotatable bonds is 4. The normalized spacial score (nSPS) is 12.4. The lowest BCUT2D eigenvalue weighted by Crippen LogP contribution is -2.22. The van der Waals surface area contributed by atoms with Crippen molar-refractivity contribution >= 4 is 39.1 Å². The molecular formula is C15H13BrCl2FN. The molecule has 0 saturated heterocycles. The van der Waals surface area contributed by atoms with Gasteiger partial charge >= 0.3 is 0 Å². The minimum Gasteiger partial charge on any atom is -0.307 e. The summed E-state index contributed by atoms with van der Waals surface area (Å²) in [5, 5.41) is 4.32. The minimum absolute atomic E-state index is 0.137. The summed E-state index contributed by atoms with van der Waals surface area (Å²) in [4.78, 5) is 0. The van der Waals surface area contributed by atoms with Crippen LogP contribution in [-0.2, 0) is 0 Å². The molecule has 0 saturated carbocycles. The van der Waals surface area contributed by atoms with E-state index in [4.69, 9.17) is 23.2 Å². The Morgan fingerprint density at radius 1 is 1.10 bits per heavy atom. The third kappa shape index (κ3) is 3.73. The number of halogens is 4. The summed E-state index contributed by atoms with van der Waals surface area (Å²) in [7, 11) is 0. The first-order chi connectivity index (χ1) is 9.51. The standard InChI is InChI=1S/C15H13BrCl2FN/c1-2-20-15(9-3-4-13(17)14(18)7-9)10-5-11(16)8-12(19)6-10/h3-8,15,20H,2H2,1H3. The van der Waals surface area contributed by atoms with Crippen molar-refractivity contribution in [2.24, 2.45) is 0 Å². The SMILES string of the molecule is CCNC(c1cc(F)cc(Br)c1)c1ccc(Cl)c(Cl)c1. The molecule has 1 unspecified atom stereocenters. The van der Waals surface area contributed by atoms with E-state index >= 15 is 0 Å². The van der Waals surface area contributed by atoms with Gasteiger partial charge in [0.15, 0.2) is 0 Å². The first-order valence-corrected chi connectivity index (χ1v) is 7.70. The van der Waals surface area contributed by atoms with Gasteiger partial charge in [-0.25, -0.2) is 4.39 Å². The second-order valence-corrected chi connectivity index (χ2v) is 6.10. The Hall–Kier alpha value is -0.610. The molecule has 0 amide bonds. The molecule has 20 heavy (non-hydrogen) atoms. The number of nitrogens with one attached hydrogen (secondary N) is 1. The Labute approximate surface area is 136 Å². The molecule has 2 aromatic carbocycles. The molecule has 1 N–H and O–H groups in total. The number of hydrogen-bond acceptors (Lipinski definition) is 1. The van der Waals surface area contributed by atoms with Gasteiger partial charge in [0, 0.05) is 4.47 Å². The van der Waals surface area contributed by atoms with E-state index in [1.807, 2.05) is 19.1 Å². The van der Waals surface area contributed by atoms with E-state index in [0.29, 0.717) is 14.5 Å². The van der Waals surface area contributed by atoms with Gasteiger partial charge in [-0.1, -0.05) is 52.1 Å². The van der Waals surface area contributed by atoms with Crippen molar-refractivity contribution in [3.05, 3.63) is 67.9 Å². The summed E-state index contributed by atoms with van der Waals surface area (Å²) in [6.45, 7) is 2.75. The van der Waals surface area contributed by atoms with Gasteiger partial charge in [0.1, 0.15) is 5.82 Å². The van der Waals surface area contributed by atoms with Crippen molar-refractivity contribution < 1.29 is 4.39 Å². The highest BCUT2D eigenvalue weighted by Crippen LogP contribution is 2.30. The van der Waals surface area contributed by atoms with Crippen LogP contribution in [0.3, 0.4) is 0 Å². The second-order valence-electron chi connectivity index (χ2n) is 4.37. The van der Waals surface area contributed by atoms with Gasteiger partial charge < -0.3 is 5.32 Å². The average molecular weight is 377 g/mol. The Morgan fingerprint density at radius 2 is 1.85 bits per heavy atom. The molecule has 1 atom stereocenters. The molecule has 0 aliphatic rings. The fourth-order valence-electron chi connectivity index (χ4n) is 2.07. The van der Waals surface area contributed by atoms with Crippen LogP contribution < -0.4 is 5.32 Å². The van der Waals surface area contributed by atoms with Crippen molar-refractivity contribution in [1.29, 1.82) is 0 Å². The topological polar surface area (TPSA) is 12.0 Å². The maximum atomic E-state index is 13.6. The summed E-state index contributed by atoms with van der Waals surface area (Å²) in [5.74, 6) is -0.280. The van der Waals surface area contributed by atoms with E-state index in [9.17, 15) is 4.39 Å². The third-order valence-corrected chi connectivity index (χ3v) is 4.10. The van der Waals surface area contributed by atoms with E-state index in [1.165, 1.54) is 12.1 Å². The highest BCUT2D eigenvalue weighted by Gasteiger charge is 2.15. The minimum atomic E-state index is -0.280. The molecule has 0 aliphatic carbocycles. The first kappa shape index (κ1) is 15.8. The van der Waals surface area contributed by atoms with E-state index in [0.717, 1.165) is 17.7 Å². The van der Waals surface area contributed by atoms with E-state index in [2.05, 4.69) is 21.2 Å². The second kappa shape index (κ2) is 6.90. The van der Waals surface area contributed by atoms with Crippen LogP contribution in [0.1, 0.15) is 24.1 Å². The van der Waals surface area contributed by atoms with Gasteiger partial charge in [0.25, 0.3) is 0 Å². The van der Waals surface area contributed by atoms with Gasteiger partial charge in [0.05, 0.1) is 16.1 Å². The molecule has 0 radical (unpaired) electrons. The van der Waals surface area contributed by atoms with Crippen LogP contribution in [0.5, 0.6) is 0 Å². The largest absolute Gasteiger partial charge is 0.307 e. The van der Waals surface area contributed by atoms with Crippen molar-refractivity contribution in [3.8, 4) is 0 Å². The summed E-state index contributed by atoms with van der Waals surface area (Å²) in [6, 6.07) is 10.1. The zero-order chi connectivity index (χ0) is 14.7. The maximum Gasteiger partial charge on any atom is 0.124 e. The Kier molecular flexibility index (Phi) is 5.44. The third-order valence-electron chi connectivity index (χ3n) is 2.90. The quantitative estimate of drug-likeness (QED) is 0.732. The lowest BCUT2D eigenvalue weighted by atomic mass is 9.98. The summed E-state index contributed by atoms with van der Waals surface area (Å²) >= 11 is 15.3. The van der Waals surface area contributed by atoms with Gasteiger partial charge in [-0.2, -0.15) is 0 Å². The summed E-state index contributed by atoms with van der Waals surface area (Å²) in [6.07, 6.45) is 0. The molecule has 1 nitrogen and oxygen atoms in total. The highest BCUT2D eigenvalue weighted by molar-refractivity contribution is 9.10. The van der Waals surface area contributed by atoms with Crippen LogP contribution in [0.15, 0.2) is 40.9 Å². The lowest BCUT2D eigenvalue weighted by molar-refractivity contribution is 0.602. The van der Waals surface area contributed by atoms with Crippen LogP contribution in [0, 0.1) is 5.82 Å². The van der Waals surface area contributed by atoms with Gasteiger partial charge in [-0.05, 0) is 48.0 Å². The van der Waals surface area contributed by atoms with Crippen LogP contribution in [0.4, 0.5) is 4.39 Å². The molecule has 0 heterocycles. The molecule has 5 heteroatoms. The molecule has 0 aromatic heterocycles. The average Bonchev–Trinajstić information content (AvgIpc) is 2.38. The van der Waals surface area contributed by atoms with Gasteiger partial charge in [0.2, 0.25) is 0 Å². The molecule has 106 valence electrons. The molecule has 0 bridgehead atoms. The van der Waals surface area contributed by atoms with E-state index in [-0.39, 0.29) is 11.9 Å². The van der Waals surface area contributed by atoms with E-state index in [1.54, 1.807) is 12.1 Å². The Balaban J connectivity index is 2.46. The molecule has 0 spiro atoms. The predicted octanol–water partition coefficient (Wildman–Crippen LogP) is 5.59. The number of benzene rings is 2. The van der Waals surface area contributed by atoms with Crippen LogP contribution >= 0.6 is 39.1 Å². The fourth-order valence-corrected chi connectivity index (χ4v) is 2.86. The first-order valence-electron chi connectivity index (χ1n) is 6.15. The van der Waals surface area contributed by atoms with Crippen LogP contribution in [0.2, 0.25) is 10.0 Å². The molecular weight excluding hydrogens is 364 g/mol. The molecule has 2 rings (SSSR count). The van der Waals surface area contributed by atoms with Crippen molar-refractivity contribution in [1.82, 2.24) is 5.32 Å². The van der Waals surface area contributed by atoms with Crippen LogP contribution in [-0.4, -0.2) is 6.54 Å². The summed E-state index contributed by atoms with van der Waals surface area (Å²) in [5.41, 5.74) is 1.77. The van der Waals surface area contributed by atoms with Crippen molar-refractivity contribution in [2.45, 2.75) is 13.0 Å². The lowest BCUT2D eigenvalue weighted by Gasteiger charge is -2.20. The maximum absolute atomic E-state index is 13.6.